The molecule has 0 unspecified atom stereocenters. The Hall–Kier alpha value is -0.830. The number of imidazole rings is 1. The number of nitrogens with zero attached hydrogens (tertiary/aromatic N) is 2. The summed E-state index contributed by atoms with van der Waals surface area (Å²) in [6.07, 6.45) is 1.90. The van der Waals surface area contributed by atoms with Gasteiger partial charge in [0.15, 0.2) is 0 Å². The van der Waals surface area contributed by atoms with Gasteiger partial charge in [-0.3, -0.25) is 0 Å². The van der Waals surface area contributed by atoms with Crippen molar-refractivity contribution in [1.29, 1.82) is 0 Å². The van der Waals surface area contributed by atoms with Crippen LogP contribution in [0.5, 0.6) is 0 Å². The highest BCUT2D eigenvalue weighted by Crippen LogP contribution is 2.27. The van der Waals surface area contributed by atoms with Crippen LogP contribution in [-0.4, -0.2) is 16.1 Å². The lowest BCUT2D eigenvalue weighted by Gasteiger charge is -2.30. The van der Waals surface area contributed by atoms with E-state index in [1.165, 1.54) is 11.4 Å². The molecular formula is C9H15N3. The lowest BCUT2D eigenvalue weighted by Crippen LogP contribution is -2.39. The first-order chi connectivity index (χ1) is 5.61. The van der Waals surface area contributed by atoms with Gasteiger partial charge in [-0.05, 0) is 0 Å². The summed E-state index contributed by atoms with van der Waals surface area (Å²) in [7, 11) is 2.07. The number of hydrogen-bond acceptors (Lipinski definition) is 2. The van der Waals surface area contributed by atoms with E-state index in [0.717, 1.165) is 13.1 Å². The normalized spacial score (nSPS) is 20.6. The smallest absolute Gasteiger partial charge is 0.0949 e. The second-order valence-electron chi connectivity index (χ2n) is 4.14. The summed E-state index contributed by atoms with van der Waals surface area (Å²) in [4.78, 5) is 4.35. The van der Waals surface area contributed by atoms with Crippen LogP contribution in [-0.2, 0) is 19.0 Å². The molecule has 1 aromatic heterocycles. The van der Waals surface area contributed by atoms with Gasteiger partial charge in [-0.2, -0.15) is 0 Å². The van der Waals surface area contributed by atoms with E-state index < -0.39 is 0 Å². The van der Waals surface area contributed by atoms with Crippen LogP contribution in [0.3, 0.4) is 0 Å². The molecular weight excluding hydrogens is 150 g/mol. The second-order valence-corrected chi connectivity index (χ2v) is 4.14. The number of aromatic nitrogens is 2. The average Bonchev–Trinajstić information content (AvgIpc) is 2.32. The van der Waals surface area contributed by atoms with E-state index in [1.54, 1.807) is 0 Å². The molecule has 3 nitrogen and oxygen atoms in total. The van der Waals surface area contributed by atoms with Gasteiger partial charge in [0.2, 0.25) is 0 Å². The highest BCUT2D eigenvalue weighted by molar-refractivity contribution is 5.25. The molecule has 1 aromatic rings. The maximum atomic E-state index is 4.35. The van der Waals surface area contributed by atoms with Crippen LogP contribution in [0.4, 0.5) is 0 Å². The maximum absolute atomic E-state index is 4.35. The van der Waals surface area contributed by atoms with Crippen molar-refractivity contribution in [3.63, 3.8) is 0 Å². The molecule has 2 heterocycles. The first kappa shape index (κ1) is 7.80. The van der Waals surface area contributed by atoms with E-state index in [1.807, 2.05) is 6.33 Å². The van der Waals surface area contributed by atoms with Gasteiger partial charge >= 0.3 is 0 Å². The van der Waals surface area contributed by atoms with Gasteiger partial charge in [-0.1, -0.05) is 13.8 Å². The molecule has 0 aliphatic carbocycles. The Morgan fingerprint density at radius 1 is 1.58 bits per heavy atom. The lowest BCUT2D eigenvalue weighted by atomic mass is 9.85. The summed E-state index contributed by atoms with van der Waals surface area (Å²) < 4.78 is 2.14. The molecule has 0 radical (unpaired) electrons. The zero-order valence-corrected chi connectivity index (χ0v) is 7.89. The van der Waals surface area contributed by atoms with E-state index >= 15 is 0 Å². The minimum atomic E-state index is 0.221. The molecule has 0 atom stereocenters. The molecule has 66 valence electrons. The van der Waals surface area contributed by atoms with E-state index in [-0.39, 0.29) is 5.41 Å². The van der Waals surface area contributed by atoms with Crippen molar-refractivity contribution in [1.82, 2.24) is 14.9 Å². The second kappa shape index (κ2) is 2.33. The van der Waals surface area contributed by atoms with Crippen LogP contribution < -0.4 is 5.32 Å². The van der Waals surface area contributed by atoms with Crippen molar-refractivity contribution in [2.45, 2.75) is 25.8 Å². The molecule has 12 heavy (non-hydrogen) atoms. The monoisotopic (exact) mass is 165 g/mol. The summed E-state index contributed by atoms with van der Waals surface area (Å²) >= 11 is 0. The SMILES string of the molecule is Cn1cnc2c1C(C)(C)CNC2. The highest BCUT2D eigenvalue weighted by atomic mass is 15.1. The summed E-state index contributed by atoms with van der Waals surface area (Å²) in [5.74, 6) is 0. The Kier molecular flexibility index (Phi) is 1.51. The Labute approximate surface area is 72.8 Å². The molecule has 0 aromatic carbocycles. The van der Waals surface area contributed by atoms with Gasteiger partial charge in [0, 0.05) is 31.2 Å². The number of rotatable bonds is 0. The molecule has 1 aliphatic heterocycles. The zero-order valence-electron chi connectivity index (χ0n) is 7.89. The Bertz CT molecular complexity index is 299. The topological polar surface area (TPSA) is 29.9 Å². The molecule has 0 amide bonds. The van der Waals surface area contributed by atoms with Gasteiger partial charge in [0.1, 0.15) is 0 Å². The van der Waals surface area contributed by atoms with Gasteiger partial charge < -0.3 is 9.88 Å². The van der Waals surface area contributed by atoms with Crippen LogP contribution in [0.15, 0.2) is 6.33 Å². The van der Waals surface area contributed by atoms with Crippen LogP contribution >= 0.6 is 0 Å². The number of fused-ring (bicyclic) bond motifs is 1. The predicted octanol–water partition coefficient (Wildman–Crippen LogP) is 0.801. The van der Waals surface area contributed by atoms with Crippen LogP contribution in [0, 0.1) is 0 Å². The largest absolute Gasteiger partial charge is 0.337 e. The molecule has 0 fully saturated rings. The molecule has 0 spiro atoms. The summed E-state index contributed by atoms with van der Waals surface area (Å²) in [5.41, 5.74) is 2.80. The first-order valence-electron chi connectivity index (χ1n) is 4.33. The summed E-state index contributed by atoms with van der Waals surface area (Å²) in [5, 5.41) is 3.37. The standard InChI is InChI=1S/C9H15N3/c1-9(2)5-10-4-7-8(9)12(3)6-11-7/h6,10H,4-5H2,1-3H3. The van der Waals surface area contributed by atoms with E-state index in [0.29, 0.717) is 0 Å². The van der Waals surface area contributed by atoms with Gasteiger partial charge in [0.25, 0.3) is 0 Å². The molecule has 0 saturated heterocycles. The van der Waals surface area contributed by atoms with Crippen LogP contribution in [0.1, 0.15) is 25.2 Å². The molecule has 0 saturated carbocycles. The highest BCUT2D eigenvalue weighted by Gasteiger charge is 2.30. The third-order valence-corrected chi connectivity index (χ3v) is 2.51. The van der Waals surface area contributed by atoms with Crippen LogP contribution in [0.25, 0.3) is 0 Å². The van der Waals surface area contributed by atoms with Crippen molar-refractivity contribution < 1.29 is 0 Å². The summed E-state index contributed by atoms with van der Waals surface area (Å²) in [6, 6.07) is 0. The Morgan fingerprint density at radius 2 is 2.33 bits per heavy atom. The number of hydrogen-bond donors (Lipinski definition) is 1. The molecule has 1 aliphatic rings. The van der Waals surface area contributed by atoms with Crippen molar-refractivity contribution in [3.05, 3.63) is 17.7 Å². The van der Waals surface area contributed by atoms with Crippen molar-refractivity contribution in [2.75, 3.05) is 6.54 Å². The Balaban J connectivity index is 2.56. The van der Waals surface area contributed by atoms with Crippen LogP contribution in [0.2, 0.25) is 0 Å². The quantitative estimate of drug-likeness (QED) is 0.616. The minimum Gasteiger partial charge on any atom is -0.337 e. The molecule has 3 heteroatoms. The molecule has 0 bridgehead atoms. The average molecular weight is 165 g/mol. The summed E-state index contributed by atoms with van der Waals surface area (Å²) in [6.45, 7) is 6.46. The number of nitrogens with one attached hydrogen (secondary N) is 1. The maximum Gasteiger partial charge on any atom is 0.0949 e. The third-order valence-electron chi connectivity index (χ3n) is 2.51. The first-order valence-corrected chi connectivity index (χ1v) is 4.33. The van der Waals surface area contributed by atoms with E-state index in [9.17, 15) is 0 Å². The zero-order chi connectivity index (χ0) is 8.77. The van der Waals surface area contributed by atoms with Crippen molar-refractivity contribution >= 4 is 0 Å². The fourth-order valence-electron chi connectivity index (χ4n) is 2.05. The Morgan fingerprint density at radius 3 is 3.00 bits per heavy atom. The van der Waals surface area contributed by atoms with Crippen molar-refractivity contribution in [2.24, 2.45) is 7.05 Å². The molecule has 2 rings (SSSR count). The number of aryl methyl sites for hydroxylation is 1. The van der Waals surface area contributed by atoms with Gasteiger partial charge in [-0.25, -0.2) is 4.98 Å². The van der Waals surface area contributed by atoms with E-state index in [4.69, 9.17) is 0 Å². The molecule has 1 N–H and O–H groups in total. The van der Waals surface area contributed by atoms with Gasteiger partial charge in [-0.15, -0.1) is 0 Å². The fraction of sp³-hybridized carbons (Fsp3) is 0.667. The predicted molar refractivity (Wildman–Crippen MR) is 47.9 cm³/mol. The minimum absolute atomic E-state index is 0.221. The van der Waals surface area contributed by atoms with E-state index in [2.05, 4.69) is 35.8 Å². The van der Waals surface area contributed by atoms with Gasteiger partial charge in [0.05, 0.1) is 12.0 Å². The fourth-order valence-corrected chi connectivity index (χ4v) is 2.05. The third kappa shape index (κ3) is 0.966. The lowest BCUT2D eigenvalue weighted by molar-refractivity contribution is 0.410. The van der Waals surface area contributed by atoms with Crippen molar-refractivity contribution in [3.8, 4) is 0 Å².